The summed E-state index contributed by atoms with van der Waals surface area (Å²) in [7, 11) is 10.4. The van der Waals surface area contributed by atoms with E-state index in [1.807, 2.05) is 24.3 Å². The van der Waals surface area contributed by atoms with Gasteiger partial charge >= 0.3 is 0 Å². The highest BCUT2D eigenvalue weighted by atomic mass is 16.5. The van der Waals surface area contributed by atoms with Crippen LogP contribution in [0.1, 0.15) is 47.9 Å². The van der Waals surface area contributed by atoms with E-state index < -0.39 is 10.8 Å². The Morgan fingerprint density at radius 1 is 0.667 bits per heavy atom. The fraction of sp³-hybridized carbons (Fsp3) is 0.526. The lowest BCUT2D eigenvalue weighted by atomic mass is 9.52. The summed E-state index contributed by atoms with van der Waals surface area (Å²) in [4.78, 5) is 31.8. The van der Waals surface area contributed by atoms with Crippen LogP contribution >= 0.6 is 0 Å². The summed E-state index contributed by atoms with van der Waals surface area (Å²) in [5.74, 6) is 1.41. The number of nitrogens with zero attached hydrogens (tertiary/aromatic N) is 2. The van der Waals surface area contributed by atoms with Gasteiger partial charge in [0.1, 0.15) is 0 Å². The minimum Gasteiger partial charge on any atom is -0.504 e. The van der Waals surface area contributed by atoms with Gasteiger partial charge in [-0.3, -0.25) is 9.59 Å². The third-order valence-corrected chi connectivity index (χ3v) is 13.0. The molecule has 2 aromatic rings. The first-order chi connectivity index (χ1) is 23.0. The van der Waals surface area contributed by atoms with Crippen LogP contribution < -0.4 is 9.47 Å². The number of hydrogen-bond donors (Lipinski definition) is 2. The Morgan fingerprint density at radius 2 is 1.06 bits per heavy atom. The van der Waals surface area contributed by atoms with Crippen molar-refractivity contribution in [2.45, 2.75) is 61.4 Å². The number of allylic oxidation sites excluding steroid dienone is 2. The number of ketones is 2. The Balaban J connectivity index is 1.43. The molecule has 2 N–H and O–H groups in total. The number of ether oxygens (including phenoxy) is 4. The highest BCUT2D eigenvalue weighted by Crippen LogP contribution is 2.63. The second-order valence-corrected chi connectivity index (χ2v) is 14.7. The van der Waals surface area contributed by atoms with Crippen molar-refractivity contribution >= 4 is 11.6 Å². The number of benzene rings is 2. The van der Waals surface area contributed by atoms with Crippen LogP contribution in [-0.4, -0.2) is 99.3 Å². The highest BCUT2D eigenvalue weighted by Gasteiger charge is 2.59. The van der Waals surface area contributed by atoms with Crippen molar-refractivity contribution in [3.8, 4) is 34.1 Å². The second-order valence-electron chi connectivity index (χ2n) is 14.7. The lowest BCUT2D eigenvalue weighted by Gasteiger charge is -2.57. The number of methoxy groups -OCH3 is 4. The Kier molecular flexibility index (Phi) is 6.99. The monoisotopic (exact) mass is 656 g/mol. The van der Waals surface area contributed by atoms with E-state index in [9.17, 15) is 19.8 Å². The summed E-state index contributed by atoms with van der Waals surface area (Å²) < 4.78 is 22.8. The Labute approximate surface area is 280 Å². The molecule has 0 radical (unpaired) electrons. The third kappa shape index (κ3) is 3.93. The van der Waals surface area contributed by atoms with E-state index in [1.165, 1.54) is 0 Å². The normalized spacial score (nSPS) is 32.2. The van der Waals surface area contributed by atoms with E-state index in [1.54, 1.807) is 28.4 Å². The van der Waals surface area contributed by atoms with Gasteiger partial charge in [0.2, 0.25) is 0 Å². The lowest BCUT2D eigenvalue weighted by Crippen LogP contribution is -2.60. The maximum absolute atomic E-state index is 13.5. The van der Waals surface area contributed by atoms with Crippen LogP contribution in [-0.2, 0) is 42.7 Å². The molecule has 2 aromatic carbocycles. The summed E-state index contributed by atoms with van der Waals surface area (Å²) in [6, 6.07) is 3.97. The molecule has 6 atom stereocenters. The Morgan fingerprint density at radius 3 is 1.42 bits per heavy atom. The zero-order valence-electron chi connectivity index (χ0n) is 28.5. The van der Waals surface area contributed by atoms with Gasteiger partial charge in [0, 0.05) is 58.7 Å². The first kappa shape index (κ1) is 31.3. The fourth-order valence-electron chi connectivity index (χ4n) is 10.7. The van der Waals surface area contributed by atoms with Crippen LogP contribution in [0, 0.1) is 11.8 Å². The molecule has 2 heterocycles. The molecule has 0 unspecified atom stereocenters. The van der Waals surface area contributed by atoms with Crippen LogP contribution in [0.15, 0.2) is 35.8 Å². The van der Waals surface area contributed by atoms with Gasteiger partial charge in [-0.1, -0.05) is 0 Å². The highest BCUT2D eigenvalue weighted by molar-refractivity contribution is 5.97. The number of likely N-dealkylation sites (N-methyl/N-ethyl adjacent to an activating group) is 2. The van der Waals surface area contributed by atoms with Gasteiger partial charge < -0.3 is 39.0 Å². The van der Waals surface area contributed by atoms with E-state index >= 15 is 0 Å². The molecular weight excluding hydrogens is 612 g/mol. The number of carbonyl (C=O) groups is 2. The molecule has 6 aliphatic rings. The van der Waals surface area contributed by atoms with Crippen LogP contribution in [0.4, 0.5) is 0 Å². The van der Waals surface area contributed by atoms with E-state index in [2.05, 4.69) is 23.9 Å². The van der Waals surface area contributed by atoms with Crippen LogP contribution in [0.3, 0.4) is 0 Å². The summed E-state index contributed by atoms with van der Waals surface area (Å²) >= 11 is 0. The number of fused-ring (bicyclic) bond motifs is 2. The van der Waals surface area contributed by atoms with Gasteiger partial charge in [-0.25, -0.2) is 0 Å². The molecule has 2 aliphatic heterocycles. The smallest absolute Gasteiger partial charge is 0.197 e. The molecule has 0 amide bonds. The van der Waals surface area contributed by atoms with Gasteiger partial charge in [-0.15, -0.1) is 0 Å². The number of phenolic OH excluding ortho intramolecular Hbond substituents is 2. The fourth-order valence-corrected chi connectivity index (χ4v) is 10.7. The van der Waals surface area contributed by atoms with Crippen molar-refractivity contribution in [2.75, 3.05) is 55.6 Å². The molecule has 8 rings (SSSR count). The maximum atomic E-state index is 13.5. The number of aromatic hydroxyl groups is 2. The van der Waals surface area contributed by atoms with Gasteiger partial charge in [-0.05, 0) is 99.4 Å². The molecule has 2 fully saturated rings. The van der Waals surface area contributed by atoms with Gasteiger partial charge in [0.15, 0.2) is 46.1 Å². The molecule has 10 heteroatoms. The van der Waals surface area contributed by atoms with Crippen molar-refractivity contribution in [1.82, 2.24) is 9.80 Å². The summed E-state index contributed by atoms with van der Waals surface area (Å²) in [5, 5.41) is 24.0. The molecule has 48 heavy (non-hydrogen) atoms. The number of phenols is 2. The van der Waals surface area contributed by atoms with E-state index in [-0.39, 0.29) is 59.8 Å². The average molecular weight is 657 g/mol. The molecule has 4 aliphatic carbocycles. The number of piperidine rings is 2. The molecule has 10 nitrogen and oxygen atoms in total. The SMILES string of the molecule is COC1=C[C@H]2[C@H]3Cc4c(-c5cc(OC)c(O)c6c5C[C@@H]5[C@@H]7C=C(OC)C(=O)C[C@]67CCN5C)cc(OC)c(O)c4[C@@]2(CCN3C)CC1=O. The van der Waals surface area contributed by atoms with Crippen molar-refractivity contribution < 1.29 is 38.7 Å². The first-order valence-electron chi connectivity index (χ1n) is 16.9. The van der Waals surface area contributed by atoms with E-state index in [0.717, 1.165) is 46.5 Å². The number of rotatable bonds is 5. The second kappa shape index (κ2) is 10.7. The summed E-state index contributed by atoms with van der Waals surface area (Å²) in [5.41, 5.74) is 4.05. The van der Waals surface area contributed by atoms with Crippen LogP contribution in [0.5, 0.6) is 23.0 Å². The molecular formula is C38H44N2O8. The number of hydrogen-bond acceptors (Lipinski definition) is 10. The Bertz CT molecular complexity index is 1700. The lowest BCUT2D eigenvalue weighted by molar-refractivity contribution is -0.123. The summed E-state index contributed by atoms with van der Waals surface area (Å²) in [6.45, 7) is 1.59. The quantitative estimate of drug-likeness (QED) is 0.489. The number of carbonyl (C=O) groups excluding carboxylic acids is 2. The van der Waals surface area contributed by atoms with Gasteiger partial charge in [0.25, 0.3) is 0 Å². The van der Waals surface area contributed by atoms with Gasteiger partial charge in [0.05, 0.1) is 28.4 Å². The van der Waals surface area contributed by atoms with E-state index in [0.29, 0.717) is 48.7 Å². The van der Waals surface area contributed by atoms with Crippen molar-refractivity contribution in [3.63, 3.8) is 0 Å². The first-order valence-corrected chi connectivity index (χ1v) is 16.9. The van der Waals surface area contributed by atoms with Crippen molar-refractivity contribution in [3.05, 3.63) is 58.1 Å². The average Bonchev–Trinajstić information content (AvgIpc) is 3.07. The third-order valence-electron chi connectivity index (χ3n) is 13.0. The molecule has 0 saturated carbocycles. The molecule has 2 saturated heterocycles. The zero-order valence-corrected chi connectivity index (χ0v) is 28.5. The zero-order chi connectivity index (χ0) is 33.9. The van der Waals surface area contributed by atoms with Crippen molar-refractivity contribution in [1.29, 1.82) is 0 Å². The largest absolute Gasteiger partial charge is 0.504 e. The van der Waals surface area contributed by atoms with Crippen molar-refractivity contribution in [2.24, 2.45) is 11.8 Å². The molecule has 4 bridgehead atoms. The number of likely N-dealkylation sites (tertiary alicyclic amines) is 2. The van der Waals surface area contributed by atoms with Crippen LogP contribution in [0.25, 0.3) is 11.1 Å². The Hall–Kier alpha value is -4.02. The molecule has 0 spiro atoms. The van der Waals surface area contributed by atoms with Gasteiger partial charge in [-0.2, -0.15) is 0 Å². The minimum atomic E-state index is -0.629. The molecule has 254 valence electrons. The summed E-state index contributed by atoms with van der Waals surface area (Å²) in [6.07, 6.45) is 7.11. The minimum absolute atomic E-state index is 0.0341. The molecule has 0 aromatic heterocycles. The number of Topliss-reactive ketones (excluding diaryl/α,β-unsaturated/α-hetero) is 2. The predicted molar refractivity (Wildman–Crippen MR) is 178 cm³/mol. The van der Waals surface area contributed by atoms with E-state index in [4.69, 9.17) is 18.9 Å². The standard InChI is InChI=1S/C38H44N2O8/c1-39-9-7-37-17-27(41)29(45-3)15-23(37)25(39)11-21-19(13-31(47-5)35(43)33(21)37)20-14-32(48-6)36(44)34-22(20)12-26-24-16-30(46-4)28(42)18-38(24,34)8-10-40(26)2/h13-16,23-26,43-44H,7-12,17-18H2,1-6H3/t23-,24-,25+,26+,37-,38-/m0/s1. The predicted octanol–water partition coefficient (Wildman–Crippen LogP) is 4.02. The maximum Gasteiger partial charge on any atom is 0.197 e. The topological polar surface area (TPSA) is 118 Å². The van der Waals surface area contributed by atoms with Crippen LogP contribution in [0.2, 0.25) is 0 Å².